The summed E-state index contributed by atoms with van der Waals surface area (Å²) in [5, 5.41) is 12.2. The number of anilines is 1. The lowest BCUT2D eigenvalue weighted by Crippen LogP contribution is -2.22. The molecule has 2 rings (SSSR count). The van der Waals surface area contributed by atoms with Crippen molar-refractivity contribution in [3.8, 4) is 0 Å². The van der Waals surface area contributed by atoms with E-state index in [0.29, 0.717) is 6.42 Å². The van der Waals surface area contributed by atoms with E-state index < -0.39 is 26.7 Å². The summed E-state index contributed by atoms with van der Waals surface area (Å²) in [5.41, 5.74) is 1.74. The van der Waals surface area contributed by atoms with Crippen molar-refractivity contribution in [3.63, 3.8) is 0 Å². The SMILES string of the molecule is Cc1nn(C)c(C)c1CC(C)Nc1ccc(S(N)(=O)=O)c(C(F)(F)F)c1. The summed E-state index contributed by atoms with van der Waals surface area (Å²) in [7, 11) is -2.65. The molecule has 2 aromatic rings. The number of aryl methyl sites for hydroxylation is 2. The first-order valence-electron chi connectivity index (χ1n) is 7.80. The van der Waals surface area contributed by atoms with E-state index in [9.17, 15) is 21.6 Å². The average Bonchev–Trinajstić information content (AvgIpc) is 2.71. The summed E-state index contributed by atoms with van der Waals surface area (Å²) in [4.78, 5) is -0.942. The van der Waals surface area contributed by atoms with Crippen LogP contribution in [-0.2, 0) is 29.7 Å². The van der Waals surface area contributed by atoms with E-state index in [1.54, 1.807) is 4.68 Å². The molecule has 1 heterocycles. The van der Waals surface area contributed by atoms with Crippen molar-refractivity contribution >= 4 is 15.7 Å². The molecule has 1 aromatic heterocycles. The van der Waals surface area contributed by atoms with Crippen LogP contribution in [0.25, 0.3) is 0 Å². The Balaban J connectivity index is 2.29. The molecule has 1 aromatic carbocycles. The number of aromatic nitrogens is 2. The Hall–Kier alpha value is -2.07. The number of rotatable bonds is 5. The van der Waals surface area contributed by atoms with Crippen LogP contribution in [0.2, 0.25) is 0 Å². The second kappa shape index (κ2) is 6.92. The number of alkyl halides is 3. The molecule has 0 aliphatic heterocycles. The normalized spacial score (nSPS) is 13.7. The maximum Gasteiger partial charge on any atom is 0.417 e. The van der Waals surface area contributed by atoms with Crippen molar-refractivity contribution in [2.24, 2.45) is 12.2 Å². The topological polar surface area (TPSA) is 90.0 Å². The van der Waals surface area contributed by atoms with Crippen LogP contribution in [0, 0.1) is 13.8 Å². The Morgan fingerprint density at radius 1 is 1.31 bits per heavy atom. The molecule has 26 heavy (non-hydrogen) atoms. The quantitative estimate of drug-likeness (QED) is 0.821. The minimum Gasteiger partial charge on any atom is -0.382 e. The fourth-order valence-electron chi connectivity index (χ4n) is 2.84. The molecular weight excluding hydrogens is 369 g/mol. The number of nitrogens with zero attached hydrogens (tertiary/aromatic N) is 2. The summed E-state index contributed by atoms with van der Waals surface area (Å²) in [6.07, 6.45) is -4.27. The zero-order valence-corrected chi connectivity index (χ0v) is 15.7. The van der Waals surface area contributed by atoms with Gasteiger partial charge in [-0.15, -0.1) is 0 Å². The Morgan fingerprint density at radius 3 is 2.38 bits per heavy atom. The number of hydrogen-bond donors (Lipinski definition) is 2. The number of nitrogens with one attached hydrogen (secondary N) is 1. The monoisotopic (exact) mass is 390 g/mol. The van der Waals surface area contributed by atoms with Crippen LogP contribution in [-0.4, -0.2) is 24.2 Å². The zero-order valence-electron chi connectivity index (χ0n) is 14.8. The molecule has 0 aliphatic carbocycles. The second-order valence-electron chi connectivity index (χ2n) is 6.28. The minimum atomic E-state index is -4.83. The molecule has 0 saturated carbocycles. The van der Waals surface area contributed by atoms with Crippen molar-refractivity contribution in [2.45, 2.75) is 44.3 Å². The van der Waals surface area contributed by atoms with E-state index in [-0.39, 0.29) is 11.7 Å². The molecule has 10 heteroatoms. The molecule has 6 nitrogen and oxygen atoms in total. The summed E-state index contributed by atoms with van der Waals surface area (Å²) in [6, 6.07) is 2.71. The van der Waals surface area contributed by atoms with Gasteiger partial charge in [0.2, 0.25) is 10.0 Å². The predicted molar refractivity (Wildman–Crippen MR) is 92.3 cm³/mol. The first-order chi connectivity index (χ1) is 11.8. The van der Waals surface area contributed by atoms with Crippen molar-refractivity contribution in [3.05, 3.63) is 40.7 Å². The van der Waals surface area contributed by atoms with Gasteiger partial charge in [-0.1, -0.05) is 0 Å². The molecule has 0 amide bonds. The van der Waals surface area contributed by atoms with Crippen LogP contribution >= 0.6 is 0 Å². The lowest BCUT2D eigenvalue weighted by atomic mass is 10.0. The first-order valence-corrected chi connectivity index (χ1v) is 9.35. The Kier molecular flexibility index (Phi) is 5.39. The van der Waals surface area contributed by atoms with Crippen LogP contribution in [0.15, 0.2) is 23.1 Å². The van der Waals surface area contributed by atoms with Crippen molar-refractivity contribution in [1.82, 2.24) is 9.78 Å². The van der Waals surface area contributed by atoms with Gasteiger partial charge in [-0.25, -0.2) is 13.6 Å². The van der Waals surface area contributed by atoms with Gasteiger partial charge in [-0.05, 0) is 51.0 Å². The molecule has 144 valence electrons. The number of benzene rings is 1. The van der Waals surface area contributed by atoms with Crippen LogP contribution < -0.4 is 10.5 Å². The molecule has 0 aliphatic rings. The molecule has 3 N–H and O–H groups in total. The summed E-state index contributed by atoms with van der Waals surface area (Å²) < 4.78 is 64.1. The molecular formula is C16H21F3N4O2S. The second-order valence-corrected chi connectivity index (χ2v) is 7.81. The van der Waals surface area contributed by atoms with E-state index in [0.717, 1.165) is 29.1 Å². The Bertz CT molecular complexity index is 920. The molecule has 0 radical (unpaired) electrons. The van der Waals surface area contributed by atoms with E-state index in [4.69, 9.17) is 5.14 Å². The fraction of sp³-hybridized carbons (Fsp3) is 0.438. The van der Waals surface area contributed by atoms with Crippen molar-refractivity contribution in [2.75, 3.05) is 5.32 Å². The highest BCUT2D eigenvalue weighted by Gasteiger charge is 2.36. The highest BCUT2D eigenvalue weighted by Crippen LogP contribution is 2.35. The molecule has 0 fully saturated rings. The van der Waals surface area contributed by atoms with Gasteiger partial charge < -0.3 is 5.32 Å². The van der Waals surface area contributed by atoms with Gasteiger partial charge in [0.15, 0.2) is 0 Å². The first kappa shape index (κ1) is 20.2. The van der Waals surface area contributed by atoms with Gasteiger partial charge in [0, 0.05) is 24.5 Å². The summed E-state index contributed by atoms with van der Waals surface area (Å²) in [6.45, 7) is 5.62. The standard InChI is InChI=1S/C16H21F3N4O2S/c1-9(7-13-10(2)22-23(4)11(13)3)21-12-5-6-15(26(20,24)25)14(8-12)16(17,18)19/h5-6,8-9,21H,7H2,1-4H3,(H2,20,24,25). The number of halogens is 3. The van der Waals surface area contributed by atoms with Crippen molar-refractivity contribution in [1.29, 1.82) is 0 Å². The van der Waals surface area contributed by atoms with E-state index in [2.05, 4.69) is 10.4 Å². The molecule has 0 bridgehead atoms. The van der Waals surface area contributed by atoms with E-state index >= 15 is 0 Å². The van der Waals surface area contributed by atoms with E-state index in [1.807, 2.05) is 27.8 Å². The maximum atomic E-state index is 13.2. The number of sulfonamides is 1. The summed E-state index contributed by atoms with van der Waals surface area (Å²) >= 11 is 0. The van der Waals surface area contributed by atoms with Crippen molar-refractivity contribution < 1.29 is 21.6 Å². The summed E-state index contributed by atoms with van der Waals surface area (Å²) in [5.74, 6) is 0. The molecule has 0 saturated heterocycles. The van der Waals surface area contributed by atoms with Gasteiger partial charge in [0.1, 0.15) is 0 Å². The van der Waals surface area contributed by atoms with Gasteiger partial charge in [-0.3, -0.25) is 4.68 Å². The molecule has 1 unspecified atom stereocenters. The van der Waals surface area contributed by atoms with E-state index in [1.165, 1.54) is 6.07 Å². The lowest BCUT2D eigenvalue weighted by Gasteiger charge is -2.18. The Labute approximate surface area is 150 Å². The molecule has 1 atom stereocenters. The fourth-order valence-corrected chi connectivity index (χ4v) is 3.58. The lowest BCUT2D eigenvalue weighted by molar-refractivity contribution is -0.139. The minimum absolute atomic E-state index is 0.163. The van der Waals surface area contributed by atoms with Crippen LogP contribution in [0.3, 0.4) is 0 Å². The average molecular weight is 390 g/mol. The van der Waals surface area contributed by atoms with Gasteiger partial charge >= 0.3 is 6.18 Å². The number of nitrogens with two attached hydrogens (primary N) is 1. The smallest absolute Gasteiger partial charge is 0.382 e. The van der Waals surface area contributed by atoms with Gasteiger partial charge in [0.25, 0.3) is 0 Å². The van der Waals surface area contributed by atoms with Gasteiger partial charge in [0.05, 0.1) is 16.2 Å². The highest BCUT2D eigenvalue weighted by atomic mass is 32.2. The third-order valence-electron chi connectivity index (χ3n) is 4.17. The number of primary sulfonamides is 1. The van der Waals surface area contributed by atoms with Crippen LogP contribution in [0.5, 0.6) is 0 Å². The maximum absolute atomic E-state index is 13.2. The zero-order chi connectivity index (χ0) is 19.9. The highest BCUT2D eigenvalue weighted by molar-refractivity contribution is 7.89. The van der Waals surface area contributed by atoms with Crippen LogP contribution in [0.1, 0.15) is 29.4 Å². The third kappa shape index (κ3) is 4.36. The molecule has 0 spiro atoms. The largest absolute Gasteiger partial charge is 0.417 e. The Morgan fingerprint density at radius 2 is 1.92 bits per heavy atom. The van der Waals surface area contributed by atoms with Gasteiger partial charge in [-0.2, -0.15) is 18.3 Å². The third-order valence-corrected chi connectivity index (χ3v) is 5.14. The predicted octanol–water partition coefficient (Wildman–Crippen LogP) is 2.75. The number of hydrogen-bond acceptors (Lipinski definition) is 4. The van der Waals surface area contributed by atoms with Crippen LogP contribution in [0.4, 0.5) is 18.9 Å².